The number of para-hydroxylation sites is 2. The number of benzene rings is 1. The van der Waals surface area contributed by atoms with Crippen LogP contribution < -0.4 is 9.47 Å². The number of likely N-dealkylation sites (N-methyl/N-ethyl adjacent to an activating group) is 1. The van der Waals surface area contributed by atoms with E-state index in [-0.39, 0.29) is 17.9 Å². The van der Waals surface area contributed by atoms with Crippen LogP contribution in [0.3, 0.4) is 0 Å². The maximum absolute atomic E-state index is 12.6. The standard InChI is InChI=1S/C17H24N2O5S/c1-18(11-14-12-23-15-5-3-4-6-16(15)24-14)17(20)13-7-9-19(10-8-13)25(2,21)22/h3-6,13-14H,7-12H2,1-2H3. The Balaban J connectivity index is 1.52. The molecule has 1 atom stereocenters. The highest BCUT2D eigenvalue weighted by molar-refractivity contribution is 7.88. The van der Waals surface area contributed by atoms with E-state index >= 15 is 0 Å². The van der Waals surface area contributed by atoms with Crippen molar-refractivity contribution in [3.05, 3.63) is 24.3 Å². The van der Waals surface area contributed by atoms with Crippen LogP contribution in [0.2, 0.25) is 0 Å². The van der Waals surface area contributed by atoms with Gasteiger partial charge in [0.2, 0.25) is 15.9 Å². The summed E-state index contributed by atoms with van der Waals surface area (Å²) in [5, 5.41) is 0. The summed E-state index contributed by atoms with van der Waals surface area (Å²) < 4.78 is 36.1. The minimum atomic E-state index is -3.17. The van der Waals surface area contributed by atoms with Crippen LogP contribution in [0.5, 0.6) is 11.5 Å². The van der Waals surface area contributed by atoms with Crippen molar-refractivity contribution in [3.63, 3.8) is 0 Å². The predicted molar refractivity (Wildman–Crippen MR) is 93.1 cm³/mol. The van der Waals surface area contributed by atoms with E-state index in [1.807, 2.05) is 24.3 Å². The molecular weight excluding hydrogens is 344 g/mol. The second kappa shape index (κ2) is 7.21. The lowest BCUT2D eigenvalue weighted by molar-refractivity contribution is -0.136. The number of ether oxygens (including phenoxy) is 2. The van der Waals surface area contributed by atoms with Gasteiger partial charge < -0.3 is 14.4 Å². The summed E-state index contributed by atoms with van der Waals surface area (Å²) in [6.07, 6.45) is 2.11. The van der Waals surface area contributed by atoms with Crippen LogP contribution in [0.4, 0.5) is 0 Å². The van der Waals surface area contributed by atoms with Gasteiger partial charge >= 0.3 is 0 Å². The number of nitrogens with zero attached hydrogens (tertiary/aromatic N) is 2. The number of carbonyl (C=O) groups is 1. The SMILES string of the molecule is CN(CC1COc2ccccc2O1)C(=O)C1CCN(S(C)(=O)=O)CC1. The molecule has 0 spiro atoms. The molecule has 0 aliphatic carbocycles. The minimum absolute atomic E-state index is 0.0376. The molecule has 1 amide bonds. The van der Waals surface area contributed by atoms with E-state index in [0.717, 1.165) is 5.75 Å². The zero-order chi connectivity index (χ0) is 18.0. The number of hydrogen-bond acceptors (Lipinski definition) is 5. The lowest BCUT2D eigenvalue weighted by Gasteiger charge is -2.34. The Bertz CT molecular complexity index is 728. The first kappa shape index (κ1) is 18.0. The Kier molecular flexibility index (Phi) is 5.19. The Morgan fingerprint density at radius 3 is 2.52 bits per heavy atom. The lowest BCUT2D eigenvalue weighted by Crippen LogP contribution is -2.46. The Morgan fingerprint density at radius 2 is 1.88 bits per heavy atom. The van der Waals surface area contributed by atoms with E-state index in [0.29, 0.717) is 44.8 Å². The van der Waals surface area contributed by atoms with Crippen molar-refractivity contribution >= 4 is 15.9 Å². The molecule has 2 aliphatic rings. The van der Waals surface area contributed by atoms with Crippen LogP contribution in [0.25, 0.3) is 0 Å². The molecule has 0 aromatic heterocycles. The summed E-state index contributed by atoms with van der Waals surface area (Å²) in [6, 6.07) is 7.48. The van der Waals surface area contributed by atoms with Gasteiger partial charge in [-0.15, -0.1) is 0 Å². The first-order valence-electron chi connectivity index (χ1n) is 8.43. The maximum Gasteiger partial charge on any atom is 0.225 e. The van der Waals surface area contributed by atoms with Crippen molar-refractivity contribution < 1.29 is 22.7 Å². The number of hydrogen-bond donors (Lipinski definition) is 0. The van der Waals surface area contributed by atoms with Crippen molar-refractivity contribution in [1.82, 2.24) is 9.21 Å². The fourth-order valence-corrected chi connectivity index (χ4v) is 4.17. The number of carbonyl (C=O) groups excluding carboxylic acids is 1. The van der Waals surface area contributed by atoms with Crippen molar-refractivity contribution in [3.8, 4) is 11.5 Å². The van der Waals surface area contributed by atoms with Crippen molar-refractivity contribution in [1.29, 1.82) is 0 Å². The predicted octanol–water partition coefficient (Wildman–Crippen LogP) is 0.956. The maximum atomic E-state index is 12.6. The summed E-state index contributed by atoms with van der Waals surface area (Å²) in [6.45, 7) is 1.65. The van der Waals surface area contributed by atoms with Crippen molar-refractivity contribution in [2.75, 3.05) is 39.5 Å². The third-order valence-corrected chi connectivity index (χ3v) is 6.00. The molecule has 1 aromatic rings. The number of sulfonamides is 1. The van der Waals surface area contributed by atoms with E-state index in [9.17, 15) is 13.2 Å². The van der Waals surface area contributed by atoms with Crippen molar-refractivity contribution in [2.24, 2.45) is 5.92 Å². The van der Waals surface area contributed by atoms with Gasteiger partial charge in [0, 0.05) is 26.1 Å². The first-order chi connectivity index (χ1) is 11.8. The molecule has 1 unspecified atom stereocenters. The Labute approximate surface area is 148 Å². The second-order valence-corrected chi connectivity index (χ2v) is 8.64. The quantitative estimate of drug-likeness (QED) is 0.791. The average molecular weight is 368 g/mol. The lowest BCUT2D eigenvalue weighted by atomic mass is 9.96. The fraction of sp³-hybridized carbons (Fsp3) is 0.588. The highest BCUT2D eigenvalue weighted by atomic mass is 32.2. The molecule has 7 nitrogen and oxygen atoms in total. The summed E-state index contributed by atoms with van der Waals surface area (Å²) in [5.74, 6) is 1.32. The van der Waals surface area contributed by atoms with Crippen LogP contribution in [0.15, 0.2) is 24.3 Å². The fourth-order valence-electron chi connectivity index (χ4n) is 3.29. The molecule has 0 N–H and O–H groups in total. The van der Waals surface area contributed by atoms with Crippen LogP contribution >= 0.6 is 0 Å². The molecule has 1 saturated heterocycles. The zero-order valence-corrected chi connectivity index (χ0v) is 15.4. The number of amides is 1. The summed E-state index contributed by atoms with van der Waals surface area (Å²) in [4.78, 5) is 14.3. The molecule has 0 radical (unpaired) electrons. The second-order valence-electron chi connectivity index (χ2n) is 6.65. The summed E-state index contributed by atoms with van der Waals surface area (Å²) >= 11 is 0. The third-order valence-electron chi connectivity index (χ3n) is 4.69. The van der Waals surface area contributed by atoms with Crippen LogP contribution in [0.1, 0.15) is 12.8 Å². The molecule has 0 bridgehead atoms. The van der Waals surface area contributed by atoms with Gasteiger partial charge in [0.25, 0.3) is 0 Å². The normalized spacial score (nSPS) is 21.8. The Morgan fingerprint density at radius 1 is 1.24 bits per heavy atom. The minimum Gasteiger partial charge on any atom is -0.486 e. The summed E-state index contributed by atoms with van der Waals surface area (Å²) in [5.41, 5.74) is 0. The van der Waals surface area contributed by atoms with Gasteiger partial charge in [-0.1, -0.05) is 12.1 Å². The van der Waals surface area contributed by atoms with E-state index in [4.69, 9.17) is 9.47 Å². The van der Waals surface area contributed by atoms with Crippen LogP contribution in [-0.4, -0.2) is 69.2 Å². The Hall–Kier alpha value is -1.80. The van der Waals surface area contributed by atoms with Gasteiger partial charge in [-0.2, -0.15) is 0 Å². The number of piperidine rings is 1. The molecule has 2 heterocycles. The molecule has 1 fully saturated rings. The topological polar surface area (TPSA) is 76.2 Å². The monoisotopic (exact) mass is 368 g/mol. The third kappa shape index (κ3) is 4.24. The average Bonchev–Trinajstić information content (AvgIpc) is 2.60. The van der Waals surface area contributed by atoms with Crippen LogP contribution in [-0.2, 0) is 14.8 Å². The van der Waals surface area contributed by atoms with E-state index in [1.165, 1.54) is 10.6 Å². The van der Waals surface area contributed by atoms with Gasteiger partial charge in [-0.25, -0.2) is 12.7 Å². The largest absolute Gasteiger partial charge is 0.486 e. The van der Waals surface area contributed by atoms with Gasteiger partial charge in [-0.3, -0.25) is 4.79 Å². The highest BCUT2D eigenvalue weighted by Gasteiger charge is 2.32. The van der Waals surface area contributed by atoms with E-state index < -0.39 is 10.0 Å². The molecule has 1 aromatic carbocycles. The van der Waals surface area contributed by atoms with E-state index in [1.54, 1.807) is 11.9 Å². The summed E-state index contributed by atoms with van der Waals surface area (Å²) in [7, 11) is -1.42. The molecule has 25 heavy (non-hydrogen) atoms. The van der Waals surface area contributed by atoms with Gasteiger partial charge in [0.05, 0.1) is 12.8 Å². The number of rotatable bonds is 4. The number of fused-ring (bicyclic) bond motifs is 1. The smallest absolute Gasteiger partial charge is 0.225 e. The van der Waals surface area contributed by atoms with E-state index in [2.05, 4.69) is 0 Å². The molecule has 138 valence electrons. The molecule has 2 aliphatic heterocycles. The van der Waals surface area contributed by atoms with Crippen molar-refractivity contribution in [2.45, 2.75) is 18.9 Å². The molecule has 3 rings (SSSR count). The highest BCUT2D eigenvalue weighted by Crippen LogP contribution is 2.31. The molecule has 8 heteroatoms. The molecular formula is C17H24N2O5S. The zero-order valence-electron chi connectivity index (χ0n) is 14.6. The molecule has 0 saturated carbocycles. The van der Waals surface area contributed by atoms with Gasteiger partial charge in [-0.05, 0) is 25.0 Å². The van der Waals surface area contributed by atoms with Crippen LogP contribution in [0, 0.1) is 5.92 Å². The van der Waals surface area contributed by atoms with Gasteiger partial charge in [0.15, 0.2) is 17.6 Å². The van der Waals surface area contributed by atoms with Gasteiger partial charge in [0.1, 0.15) is 6.61 Å². The first-order valence-corrected chi connectivity index (χ1v) is 10.3.